The van der Waals surface area contributed by atoms with E-state index in [1.807, 2.05) is 0 Å². The van der Waals surface area contributed by atoms with Gasteiger partial charge in [0, 0.05) is 4.88 Å². The Labute approximate surface area is 142 Å². The van der Waals surface area contributed by atoms with Gasteiger partial charge in [0.1, 0.15) is 23.5 Å². The van der Waals surface area contributed by atoms with Crippen LogP contribution in [0.4, 0.5) is 0 Å². The molecule has 0 saturated carbocycles. The Hall–Kier alpha value is -2.41. The number of furan rings is 1. The van der Waals surface area contributed by atoms with E-state index in [4.69, 9.17) is 9.15 Å². The number of hydrogen-bond acceptors (Lipinski definition) is 7. The van der Waals surface area contributed by atoms with E-state index in [1.165, 1.54) is 36.7 Å². The Balaban J connectivity index is 1.59. The van der Waals surface area contributed by atoms with Gasteiger partial charge in [-0.2, -0.15) is 0 Å². The number of ether oxygens (including phenoxy) is 2. The molecule has 7 heteroatoms. The van der Waals surface area contributed by atoms with E-state index in [-0.39, 0.29) is 12.4 Å². The molecule has 4 rings (SSSR count). The number of aromatic nitrogens is 2. The first-order valence-electron chi connectivity index (χ1n) is 7.81. The van der Waals surface area contributed by atoms with Crippen LogP contribution >= 0.6 is 11.3 Å². The number of fused-ring (bicyclic) bond motifs is 3. The molecule has 0 unspecified atom stereocenters. The molecule has 0 aromatic carbocycles. The van der Waals surface area contributed by atoms with Crippen LogP contribution in [-0.4, -0.2) is 23.0 Å². The molecule has 124 valence electrons. The maximum absolute atomic E-state index is 11.4. The van der Waals surface area contributed by atoms with Gasteiger partial charge in [-0.05, 0) is 43.4 Å². The third-order valence-electron chi connectivity index (χ3n) is 4.12. The van der Waals surface area contributed by atoms with Gasteiger partial charge in [0.25, 0.3) is 0 Å². The smallest absolute Gasteiger partial charge is 0.373 e. The zero-order chi connectivity index (χ0) is 16.5. The predicted octanol–water partition coefficient (Wildman–Crippen LogP) is 3.53. The summed E-state index contributed by atoms with van der Waals surface area (Å²) in [6.07, 6.45) is 6.10. The Kier molecular flexibility index (Phi) is 3.93. The molecule has 3 heterocycles. The number of carbonyl (C=O) groups excluding carboxylic acids is 1. The van der Waals surface area contributed by atoms with Crippen molar-refractivity contribution < 1.29 is 18.7 Å². The van der Waals surface area contributed by atoms with Crippen molar-refractivity contribution in [2.24, 2.45) is 0 Å². The van der Waals surface area contributed by atoms with E-state index < -0.39 is 5.97 Å². The lowest BCUT2D eigenvalue weighted by molar-refractivity contribution is 0.0561. The van der Waals surface area contributed by atoms with Crippen LogP contribution in [0.2, 0.25) is 0 Å². The summed E-state index contributed by atoms with van der Waals surface area (Å²) in [5.41, 5.74) is 1.33. The van der Waals surface area contributed by atoms with Gasteiger partial charge in [0.05, 0.1) is 12.5 Å². The number of aryl methyl sites for hydroxylation is 2. The monoisotopic (exact) mass is 344 g/mol. The van der Waals surface area contributed by atoms with Crippen molar-refractivity contribution in [2.75, 3.05) is 7.11 Å². The summed E-state index contributed by atoms with van der Waals surface area (Å²) in [5.74, 6) is 0.788. The van der Waals surface area contributed by atoms with Crippen LogP contribution in [0.1, 0.15) is 39.6 Å². The number of carbonyl (C=O) groups is 1. The first-order valence-corrected chi connectivity index (χ1v) is 8.63. The number of hydrogen-bond donors (Lipinski definition) is 0. The normalized spacial score (nSPS) is 13.7. The summed E-state index contributed by atoms with van der Waals surface area (Å²) in [5, 5.41) is 1.02. The first kappa shape index (κ1) is 15.1. The van der Waals surface area contributed by atoms with E-state index in [0.717, 1.165) is 23.1 Å². The van der Waals surface area contributed by atoms with Crippen molar-refractivity contribution in [3.05, 3.63) is 40.4 Å². The number of rotatable bonds is 4. The Bertz CT molecular complexity index is 899. The standard InChI is InChI=1S/C17H16N2O4S/c1-21-17(20)12-7-6-10(23-12)8-22-15-14-11-4-2-3-5-13(11)24-16(14)19-9-18-15/h6-7,9H,2-5,8H2,1H3. The average molecular weight is 344 g/mol. The number of nitrogens with zero attached hydrogens (tertiary/aromatic N) is 2. The molecule has 1 aliphatic rings. The molecule has 0 bridgehead atoms. The van der Waals surface area contributed by atoms with Crippen molar-refractivity contribution in [2.45, 2.75) is 32.3 Å². The summed E-state index contributed by atoms with van der Waals surface area (Å²) in [7, 11) is 1.32. The molecule has 3 aromatic rings. The van der Waals surface area contributed by atoms with Gasteiger partial charge in [-0.3, -0.25) is 0 Å². The quantitative estimate of drug-likeness (QED) is 0.674. The molecule has 3 aromatic heterocycles. The SMILES string of the molecule is COC(=O)c1ccc(COc2ncnc3sc4c(c23)CCCC4)o1. The van der Waals surface area contributed by atoms with Gasteiger partial charge in [-0.25, -0.2) is 14.8 Å². The molecule has 24 heavy (non-hydrogen) atoms. The van der Waals surface area contributed by atoms with E-state index >= 15 is 0 Å². The molecule has 0 atom stereocenters. The van der Waals surface area contributed by atoms with Crippen LogP contribution < -0.4 is 4.74 Å². The highest BCUT2D eigenvalue weighted by Gasteiger charge is 2.21. The lowest BCUT2D eigenvalue weighted by Crippen LogP contribution is -2.01. The van der Waals surface area contributed by atoms with E-state index in [2.05, 4.69) is 14.7 Å². The van der Waals surface area contributed by atoms with Crippen LogP contribution in [0, 0.1) is 0 Å². The predicted molar refractivity (Wildman–Crippen MR) is 88.4 cm³/mol. The summed E-state index contributed by atoms with van der Waals surface area (Å²) >= 11 is 1.73. The van der Waals surface area contributed by atoms with E-state index in [1.54, 1.807) is 23.5 Å². The Morgan fingerprint density at radius 3 is 3.04 bits per heavy atom. The molecule has 0 amide bonds. The van der Waals surface area contributed by atoms with E-state index in [9.17, 15) is 4.79 Å². The lowest BCUT2D eigenvalue weighted by Gasteiger charge is -2.11. The molecule has 0 aliphatic heterocycles. The molecular formula is C17H16N2O4S. The Morgan fingerprint density at radius 1 is 1.29 bits per heavy atom. The fraction of sp³-hybridized carbons (Fsp3) is 0.353. The minimum absolute atomic E-state index is 0.164. The highest BCUT2D eigenvalue weighted by atomic mass is 32.1. The van der Waals surface area contributed by atoms with Crippen LogP contribution in [0.5, 0.6) is 5.88 Å². The average Bonchev–Trinajstić information content (AvgIpc) is 3.23. The molecule has 0 saturated heterocycles. The second-order valence-electron chi connectivity index (χ2n) is 5.62. The maximum atomic E-state index is 11.4. The zero-order valence-corrected chi connectivity index (χ0v) is 14.0. The summed E-state index contributed by atoms with van der Waals surface area (Å²) in [6, 6.07) is 3.28. The molecule has 1 aliphatic carbocycles. The topological polar surface area (TPSA) is 74.5 Å². The molecule has 0 N–H and O–H groups in total. The summed E-state index contributed by atoms with van der Waals surface area (Å²) in [6.45, 7) is 0.202. The summed E-state index contributed by atoms with van der Waals surface area (Å²) < 4.78 is 15.9. The van der Waals surface area contributed by atoms with Gasteiger partial charge in [0.2, 0.25) is 11.6 Å². The fourth-order valence-electron chi connectivity index (χ4n) is 2.98. The van der Waals surface area contributed by atoms with Crippen LogP contribution in [-0.2, 0) is 24.2 Å². The van der Waals surface area contributed by atoms with E-state index in [0.29, 0.717) is 11.6 Å². The van der Waals surface area contributed by atoms with Crippen molar-refractivity contribution in [3.63, 3.8) is 0 Å². The maximum Gasteiger partial charge on any atom is 0.373 e. The lowest BCUT2D eigenvalue weighted by atomic mass is 9.97. The molecule has 6 nitrogen and oxygen atoms in total. The molecule has 0 radical (unpaired) electrons. The minimum Gasteiger partial charge on any atom is -0.469 e. The van der Waals surface area contributed by atoms with Gasteiger partial charge in [-0.15, -0.1) is 11.3 Å². The number of esters is 1. The summed E-state index contributed by atoms with van der Waals surface area (Å²) in [4.78, 5) is 22.5. The van der Waals surface area contributed by atoms with Crippen LogP contribution in [0.25, 0.3) is 10.2 Å². The third kappa shape index (κ3) is 2.65. The molecule has 0 fully saturated rings. The molecular weight excluding hydrogens is 328 g/mol. The van der Waals surface area contributed by atoms with Crippen LogP contribution in [0.15, 0.2) is 22.9 Å². The van der Waals surface area contributed by atoms with Crippen molar-refractivity contribution >= 4 is 27.5 Å². The van der Waals surface area contributed by atoms with Crippen molar-refractivity contribution in [1.82, 2.24) is 9.97 Å². The Morgan fingerprint density at radius 2 is 2.17 bits per heavy atom. The third-order valence-corrected chi connectivity index (χ3v) is 5.32. The van der Waals surface area contributed by atoms with Gasteiger partial charge < -0.3 is 13.9 Å². The highest BCUT2D eigenvalue weighted by molar-refractivity contribution is 7.18. The molecule has 0 spiro atoms. The first-order chi connectivity index (χ1) is 11.8. The minimum atomic E-state index is -0.502. The zero-order valence-electron chi connectivity index (χ0n) is 13.2. The number of thiophene rings is 1. The second-order valence-corrected chi connectivity index (χ2v) is 6.70. The fourth-order valence-corrected chi connectivity index (χ4v) is 4.20. The van der Waals surface area contributed by atoms with Crippen LogP contribution in [0.3, 0.4) is 0 Å². The highest BCUT2D eigenvalue weighted by Crippen LogP contribution is 2.39. The largest absolute Gasteiger partial charge is 0.469 e. The van der Waals surface area contributed by atoms with Gasteiger partial charge in [0.15, 0.2) is 0 Å². The van der Waals surface area contributed by atoms with Crippen molar-refractivity contribution in [3.8, 4) is 5.88 Å². The van der Waals surface area contributed by atoms with Crippen molar-refractivity contribution in [1.29, 1.82) is 0 Å². The van der Waals surface area contributed by atoms with Gasteiger partial charge >= 0.3 is 5.97 Å². The van der Waals surface area contributed by atoms with Gasteiger partial charge in [-0.1, -0.05) is 0 Å². The number of methoxy groups -OCH3 is 1. The second kappa shape index (κ2) is 6.24.